The summed E-state index contributed by atoms with van der Waals surface area (Å²) in [5.41, 5.74) is 2.58. The number of nitrogens with one attached hydrogen (secondary N) is 1. The summed E-state index contributed by atoms with van der Waals surface area (Å²) in [6.07, 6.45) is 3.32. The Morgan fingerprint density at radius 3 is 2.17 bits per heavy atom. The van der Waals surface area contributed by atoms with Crippen LogP contribution in [-0.2, 0) is 6.42 Å². The fraction of sp³-hybridized carbons (Fsp3) is 0.316. The number of hydrogen-bond donors (Lipinski definition) is 1. The number of likely N-dealkylation sites (tertiary alicyclic amines) is 1. The molecule has 0 saturated carbocycles. The highest BCUT2D eigenvalue weighted by atomic mass is 35.5. The van der Waals surface area contributed by atoms with E-state index in [0.29, 0.717) is 12.4 Å². The van der Waals surface area contributed by atoms with Gasteiger partial charge in [-0.3, -0.25) is 5.41 Å². The second-order valence-corrected chi connectivity index (χ2v) is 5.74. The number of rotatable bonds is 5. The van der Waals surface area contributed by atoms with Crippen LogP contribution >= 0.6 is 12.4 Å². The summed E-state index contributed by atoms with van der Waals surface area (Å²) >= 11 is 0. The molecule has 0 bridgehead atoms. The van der Waals surface area contributed by atoms with Gasteiger partial charge in [0.15, 0.2) is 0 Å². The van der Waals surface area contributed by atoms with Crippen LogP contribution in [0.15, 0.2) is 54.6 Å². The summed E-state index contributed by atoms with van der Waals surface area (Å²) in [5, 5.41) is 8.03. The van der Waals surface area contributed by atoms with E-state index in [4.69, 9.17) is 10.1 Å². The fourth-order valence-electron chi connectivity index (χ4n) is 2.77. The number of ether oxygens (including phenoxy) is 1. The number of benzene rings is 2. The Labute approximate surface area is 144 Å². The molecule has 2 aromatic rings. The van der Waals surface area contributed by atoms with Gasteiger partial charge in [0.25, 0.3) is 0 Å². The molecular formula is C19H23ClN2O. The third-order valence-corrected chi connectivity index (χ3v) is 4.04. The van der Waals surface area contributed by atoms with Crippen LogP contribution in [-0.4, -0.2) is 30.4 Å². The molecule has 1 N–H and O–H groups in total. The highest BCUT2D eigenvalue weighted by molar-refractivity contribution is 5.85. The molecule has 0 unspecified atom stereocenters. The van der Waals surface area contributed by atoms with Gasteiger partial charge in [0.1, 0.15) is 18.2 Å². The smallest absolute Gasteiger partial charge is 0.145 e. The van der Waals surface area contributed by atoms with Crippen molar-refractivity contribution in [3.05, 3.63) is 65.7 Å². The topological polar surface area (TPSA) is 36.3 Å². The molecule has 0 aliphatic carbocycles. The second kappa shape index (κ2) is 8.59. The first-order chi connectivity index (χ1) is 10.8. The first kappa shape index (κ1) is 17.4. The number of halogens is 1. The maximum absolute atomic E-state index is 8.03. The van der Waals surface area contributed by atoms with Crippen molar-refractivity contribution in [2.24, 2.45) is 0 Å². The van der Waals surface area contributed by atoms with Crippen molar-refractivity contribution >= 4 is 18.2 Å². The van der Waals surface area contributed by atoms with Crippen LogP contribution in [0.3, 0.4) is 0 Å². The zero-order valence-corrected chi connectivity index (χ0v) is 14.0. The second-order valence-electron chi connectivity index (χ2n) is 5.74. The summed E-state index contributed by atoms with van der Waals surface area (Å²) in [6.45, 7) is 2.36. The highest BCUT2D eigenvalue weighted by Gasteiger charge is 2.14. The monoisotopic (exact) mass is 330 g/mol. The normalized spacial score (nSPS) is 13.5. The van der Waals surface area contributed by atoms with Gasteiger partial charge in [-0.1, -0.05) is 42.5 Å². The Balaban J connectivity index is 0.00000192. The van der Waals surface area contributed by atoms with E-state index in [0.717, 1.165) is 25.3 Å². The van der Waals surface area contributed by atoms with Gasteiger partial charge in [-0.25, -0.2) is 0 Å². The maximum atomic E-state index is 8.03. The lowest BCUT2D eigenvalue weighted by atomic mass is 10.1. The Morgan fingerprint density at radius 2 is 1.52 bits per heavy atom. The van der Waals surface area contributed by atoms with E-state index in [1.807, 2.05) is 18.2 Å². The van der Waals surface area contributed by atoms with Crippen LogP contribution in [0.4, 0.5) is 0 Å². The molecule has 1 saturated heterocycles. The third-order valence-electron chi connectivity index (χ3n) is 4.04. The predicted octanol–water partition coefficient (Wildman–Crippen LogP) is 4.15. The van der Waals surface area contributed by atoms with Gasteiger partial charge >= 0.3 is 0 Å². The van der Waals surface area contributed by atoms with Crippen molar-refractivity contribution in [3.63, 3.8) is 0 Å². The van der Waals surface area contributed by atoms with E-state index < -0.39 is 0 Å². The van der Waals surface area contributed by atoms with Crippen molar-refractivity contribution in [2.75, 3.05) is 19.7 Å². The van der Waals surface area contributed by atoms with Gasteiger partial charge in [-0.15, -0.1) is 12.4 Å². The third kappa shape index (κ3) is 5.00. The average Bonchev–Trinajstić information content (AvgIpc) is 3.09. The van der Waals surface area contributed by atoms with Gasteiger partial charge in [0, 0.05) is 13.1 Å². The van der Waals surface area contributed by atoms with Gasteiger partial charge in [-0.2, -0.15) is 0 Å². The summed E-state index contributed by atoms with van der Waals surface area (Å²) in [6, 6.07) is 18.6. The van der Waals surface area contributed by atoms with E-state index in [-0.39, 0.29) is 12.4 Å². The molecule has 0 amide bonds. The molecule has 1 fully saturated rings. The SMILES string of the molecule is Cl.N=C(COc1ccc(Cc2ccccc2)cc1)N1CCCC1. The van der Waals surface area contributed by atoms with E-state index >= 15 is 0 Å². The van der Waals surface area contributed by atoms with E-state index in [1.54, 1.807) is 0 Å². The van der Waals surface area contributed by atoms with E-state index in [1.165, 1.54) is 24.0 Å². The lowest BCUT2D eigenvalue weighted by Crippen LogP contribution is -2.31. The molecule has 1 heterocycles. The van der Waals surface area contributed by atoms with Crippen LogP contribution in [0, 0.1) is 5.41 Å². The molecule has 0 spiro atoms. The van der Waals surface area contributed by atoms with Crippen LogP contribution in [0.1, 0.15) is 24.0 Å². The fourth-order valence-corrected chi connectivity index (χ4v) is 2.77. The molecule has 0 aromatic heterocycles. The first-order valence-corrected chi connectivity index (χ1v) is 7.89. The predicted molar refractivity (Wildman–Crippen MR) is 97.0 cm³/mol. The van der Waals surface area contributed by atoms with Crippen LogP contribution < -0.4 is 4.74 Å². The number of hydrogen-bond acceptors (Lipinski definition) is 2. The first-order valence-electron chi connectivity index (χ1n) is 7.89. The summed E-state index contributed by atoms with van der Waals surface area (Å²) < 4.78 is 5.72. The minimum absolute atomic E-state index is 0. The van der Waals surface area contributed by atoms with Gasteiger partial charge in [0.2, 0.25) is 0 Å². The standard InChI is InChI=1S/C19H22N2O.ClH/c20-19(21-12-4-5-13-21)15-22-18-10-8-17(9-11-18)14-16-6-2-1-3-7-16;/h1-3,6-11,20H,4-5,12-15H2;1H. The molecule has 3 rings (SSSR count). The maximum Gasteiger partial charge on any atom is 0.145 e. The van der Waals surface area contributed by atoms with E-state index in [9.17, 15) is 0 Å². The number of nitrogens with zero attached hydrogens (tertiary/aromatic N) is 1. The van der Waals surface area contributed by atoms with Gasteiger partial charge < -0.3 is 9.64 Å². The van der Waals surface area contributed by atoms with Crippen molar-refractivity contribution in [1.29, 1.82) is 5.41 Å². The van der Waals surface area contributed by atoms with Crippen molar-refractivity contribution in [3.8, 4) is 5.75 Å². The number of amidine groups is 1. The molecule has 0 atom stereocenters. The molecule has 122 valence electrons. The quantitative estimate of drug-likeness (QED) is 0.660. The lowest BCUT2D eigenvalue weighted by Gasteiger charge is -2.18. The molecule has 1 aliphatic heterocycles. The van der Waals surface area contributed by atoms with Crippen LogP contribution in [0.25, 0.3) is 0 Å². The van der Waals surface area contributed by atoms with E-state index in [2.05, 4.69) is 41.3 Å². The molecule has 2 aromatic carbocycles. The summed E-state index contributed by atoms with van der Waals surface area (Å²) in [4.78, 5) is 2.10. The Kier molecular flexibility index (Phi) is 6.48. The summed E-state index contributed by atoms with van der Waals surface area (Å²) in [7, 11) is 0. The summed E-state index contributed by atoms with van der Waals surface area (Å²) in [5.74, 6) is 1.42. The van der Waals surface area contributed by atoms with Crippen molar-refractivity contribution in [1.82, 2.24) is 4.90 Å². The van der Waals surface area contributed by atoms with Crippen molar-refractivity contribution in [2.45, 2.75) is 19.3 Å². The molecule has 1 aliphatic rings. The largest absolute Gasteiger partial charge is 0.486 e. The molecule has 4 heteroatoms. The van der Waals surface area contributed by atoms with Crippen LogP contribution in [0.5, 0.6) is 5.75 Å². The van der Waals surface area contributed by atoms with Crippen LogP contribution in [0.2, 0.25) is 0 Å². The zero-order chi connectivity index (χ0) is 15.2. The van der Waals surface area contributed by atoms with Gasteiger partial charge in [-0.05, 0) is 42.5 Å². The highest BCUT2D eigenvalue weighted by Crippen LogP contribution is 2.16. The van der Waals surface area contributed by atoms with Crippen molar-refractivity contribution < 1.29 is 4.74 Å². The minimum atomic E-state index is 0. The molecule has 3 nitrogen and oxygen atoms in total. The van der Waals surface area contributed by atoms with Gasteiger partial charge in [0.05, 0.1) is 0 Å². The average molecular weight is 331 g/mol. The lowest BCUT2D eigenvalue weighted by molar-refractivity contribution is 0.349. The minimum Gasteiger partial charge on any atom is -0.486 e. The zero-order valence-electron chi connectivity index (χ0n) is 13.2. The molecule has 0 radical (unpaired) electrons. The molecule has 23 heavy (non-hydrogen) atoms. The molecular weight excluding hydrogens is 308 g/mol. The Bertz CT molecular complexity index is 607. The Hall–Kier alpha value is -2.00. The Morgan fingerprint density at radius 1 is 0.913 bits per heavy atom.